The molecule has 0 saturated carbocycles. The van der Waals surface area contributed by atoms with Crippen molar-refractivity contribution in [1.82, 2.24) is 14.7 Å². The standard InChI is InChI=1S/C18H21N3O6S/c1-2-19(14-8-9-28(26,27)12-14)15(22)11-21-17(24)16(23)20(18(21)25)10-13-6-4-3-5-7-13/h3-7,14H,2,8-12H2,1H3/t14-/m0/s1. The summed E-state index contributed by atoms with van der Waals surface area (Å²) in [5.41, 5.74) is 0.677. The lowest BCUT2D eigenvalue weighted by Gasteiger charge is -2.28. The topological polar surface area (TPSA) is 112 Å². The summed E-state index contributed by atoms with van der Waals surface area (Å²) in [6, 6.07) is 7.40. The molecule has 150 valence electrons. The number of hydrogen-bond donors (Lipinski definition) is 0. The fourth-order valence-electron chi connectivity index (χ4n) is 3.48. The van der Waals surface area contributed by atoms with Crippen LogP contribution in [0.25, 0.3) is 0 Å². The Balaban J connectivity index is 1.70. The van der Waals surface area contributed by atoms with Crippen LogP contribution >= 0.6 is 0 Å². The Hall–Kier alpha value is -2.75. The zero-order valence-electron chi connectivity index (χ0n) is 15.4. The maximum Gasteiger partial charge on any atom is 0.335 e. The summed E-state index contributed by atoms with van der Waals surface area (Å²) >= 11 is 0. The zero-order chi connectivity index (χ0) is 20.5. The molecule has 0 aliphatic carbocycles. The fraction of sp³-hybridized carbons (Fsp3) is 0.444. The monoisotopic (exact) mass is 407 g/mol. The normalized spacial score (nSPS) is 21.5. The molecule has 0 spiro atoms. The van der Waals surface area contributed by atoms with Gasteiger partial charge >= 0.3 is 17.8 Å². The lowest BCUT2D eigenvalue weighted by molar-refractivity contribution is -0.145. The molecule has 1 atom stereocenters. The number of imide groups is 2. The molecule has 2 saturated heterocycles. The van der Waals surface area contributed by atoms with Gasteiger partial charge in [-0.15, -0.1) is 0 Å². The van der Waals surface area contributed by atoms with Crippen LogP contribution in [0.5, 0.6) is 0 Å². The van der Waals surface area contributed by atoms with Gasteiger partial charge in [0.1, 0.15) is 6.54 Å². The number of urea groups is 1. The summed E-state index contributed by atoms with van der Waals surface area (Å²) in [6.45, 7) is 1.30. The number of sulfone groups is 1. The van der Waals surface area contributed by atoms with Crippen molar-refractivity contribution < 1.29 is 27.6 Å². The van der Waals surface area contributed by atoms with E-state index in [9.17, 15) is 27.6 Å². The van der Waals surface area contributed by atoms with E-state index in [0.717, 1.165) is 4.90 Å². The molecular weight excluding hydrogens is 386 g/mol. The minimum absolute atomic E-state index is 0.00631. The third kappa shape index (κ3) is 3.91. The highest BCUT2D eigenvalue weighted by Crippen LogP contribution is 2.20. The molecule has 3 rings (SSSR count). The summed E-state index contributed by atoms with van der Waals surface area (Å²) in [5, 5.41) is 0. The Morgan fingerprint density at radius 2 is 1.75 bits per heavy atom. The highest BCUT2D eigenvalue weighted by molar-refractivity contribution is 7.91. The van der Waals surface area contributed by atoms with Gasteiger partial charge in [0.25, 0.3) is 0 Å². The molecule has 0 unspecified atom stereocenters. The summed E-state index contributed by atoms with van der Waals surface area (Å²) < 4.78 is 23.4. The predicted octanol–water partition coefficient (Wildman–Crippen LogP) is 0.0130. The average Bonchev–Trinajstić information content (AvgIpc) is 3.11. The van der Waals surface area contributed by atoms with Crippen LogP contribution in [0.3, 0.4) is 0 Å². The number of nitrogens with zero attached hydrogens (tertiary/aromatic N) is 3. The van der Waals surface area contributed by atoms with Gasteiger partial charge in [-0.1, -0.05) is 30.3 Å². The molecule has 2 fully saturated rings. The van der Waals surface area contributed by atoms with Gasteiger partial charge in [-0.05, 0) is 18.9 Å². The van der Waals surface area contributed by atoms with E-state index in [1.807, 2.05) is 0 Å². The molecular formula is C18H21N3O6S. The number of likely N-dealkylation sites (N-methyl/N-ethyl adjacent to an activating group) is 1. The first-order valence-corrected chi connectivity index (χ1v) is 10.8. The van der Waals surface area contributed by atoms with E-state index in [4.69, 9.17) is 0 Å². The smallest absolute Gasteiger partial charge is 0.335 e. The van der Waals surface area contributed by atoms with Crippen molar-refractivity contribution in [3.8, 4) is 0 Å². The third-order valence-electron chi connectivity index (χ3n) is 4.92. The zero-order valence-corrected chi connectivity index (χ0v) is 16.2. The first kappa shape index (κ1) is 20.0. The number of benzene rings is 1. The molecule has 2 heterocycles. The van der Waals surface area contributed by atoms with E-state index in [-0.39, 0.29) is 24.6 Å². The minimum atomic E-state index is -3.19. The number of carbonyl (C=O) groups is 4. The molecule has 0 N–H and O–H groups in total. The minimum Gasteiger partial charge on any atom is -0.337 e. The summed E-state index contributed by atoms with van der Waals surface area (Å²) in [6.07, 6.45) is 0.322. The van der Waals surface area contributed by atoms with Crippen LogP contribution < -0.4 is 0 Å². The molecule has 1 aromatic rings. The maximum atomic E-state index is 12.6. The van der Waals surface area contributed by atoms with Crippen molar-refractivity contribution in [1.29, 1.82) is 0 Å². The fourth-order valence-corrected chi connectivity index (χ4v) is 5.21. The molecule has 2 aliphatic heterocycles. The molecule has 1 aromatic carbocycles. The number of amides is 5. The molecule has 0 bridgehead atoms. The Morgan fingerprint density at radius 1 is 1.11 bits per heavy atom. The van der Waals surface area contributed by atoms with Gasteiger partial charge in [0.05, 0.1) is 18.1 Å². The molecule has 2 aliphatic rings. The van der Waals surface area contributed by atoms with E-state index < -0.39 is 46.2 Å². The van der Waals surface area contributed by atoms with Crippen LogP contribution in [0.1, 0.15) is 18.9 Å². The van der Waals surface area contributed by atoms with Gasteiger partial charge in [-0.25, -0.2) is 18.1 Å². The predicted molar refractivity (Wildman–Crippen MR) is 98.5 cm³/mol. The highest BCUT2D eigenvalue weighted by atomic mass is 32.2. The van der Waals surface area contributed by atoms with Gasteiger partial charge in [0, 0.05) is 12.6 Å². The maximum absolute atomic E-state index is 12.6. The number of hydrogen-bond acceptors (Lipinski definition) is 6. The molecule has 5 amide bonds. The van der Waals surface area contributed by atoms with Gasteiger partial charge < -0.3 is 4.90 Å². The summed E-state index contributed by atoms with van der Waals surface area (Å²) in [4.78, 5) is 52.4. The van der Waals surface area contributed by atoms with Crippen molar-refractivity contribution in [2.45, 2.75) is 25.9 Å². The van der Waals surface area contributed by atoms with Gasteiger partial charge in [-0.2, -0.15) is 0 Å². The summed E-state index contributed by atoms with van der Waals surface area (Å²) in [5.74, 6) is -2.71. The van der Waals surface area contributed by atoms with E-state index in [2.05, 4.69) is 0 Å². The van der Waals surface area contributed by atoms with Crippen molar-refractivity contribution in [2.75, 3.05) is 24.6 Å². The third-order valence-corrected chi connectivity index (χ3v) is 6.67. The van der Waals surface area contributed by atoms with Crippen LogP contribution in [-0.4, -0.2) is 77.5 Å². The first-order valence-electron chi connectivity index (χ1n) is 8.94. The largest absolute Gasteiger partial charge is 0.337 e. The molecule has 0 radical (unpaired) electrons. The van der Waals surface area contributed by atoms with Crippen LogP contribution in [-0.2, 0) is 30.8 Å². The molecule has 9 nitrogen and oxygen atoms in total. The highest BCUT2D eigenvalue weighted by Gasteiger charge is 2.46. The van der Waals surface area contributed by atoms with Crippen LogP contribution in [0.4, 0.5) is 4.79 Å². The SMILES string of the molecule is CCN(C(=O)CN1C(=O)C(=O)N(Cc2ccccc2)C1=O)[C@H]1CCS(=O)(=O)C1. The Morgan fingerprint density at radius 3 is 2.32 bits per heavy atom. The Labute approximate surface area is 162 Å². The van der Waals surface area contributed by atoms with E-state index in [0.29, 0.717) is 16.9 Å². The van der Waals surface area contributed by atoms with Gasteiger partial charge in [-0.3, -0.25) is 19.3 Å². The van der Waals surface area contributed by atoms with E-state index in [1.165, 1.54) is 4.90 Å². The van der Waals surface area contributed by atoms with Crippen LogP contribution in [0, 0.1) is 0 Å². The molecule has 10 heteroatoms. The summed E-state index contributed by atoms with van der Waals surface area (Å²) in [7, 11) is -3.19. The van der Waals surface area contributed by atoms with Gasteiger partial charge in [0.15, 0.2) is 9.84 Å². The lowest BCUT2D eigenvalue weighted by atomic mass is 10.2. The van der Waals surface area contributed by atoms with E-state index >= 15 is 0 Å². The van der Waals surface area contributed by atoms with Crippen LogP contribution in [0.2, 0.25) is 0 Å². The van der Waals surface area contributed by atoms with Crippen molar-refractivity contribution >= 4 is 33.6 Å². The second-order valence-electron chi connectivity index (χ2n) is 6.79. The molecule has 0 aromatic heterocycles. The number of rotatable bonds is 6. The van der Waals surface area contributed by atoms with Gasteiger partial charge in [0.2, 0.25) is 5.91 Å². The second kappa shape index (κ2) is 7.70. The van der Waals surface area contributed by atoms with Crippen molar-refractivity contribution in [3.05, 3.63) is 35.9 Å². The second-order valence-corrected chi connectivity index (χ2v) is 9.02. The first-order chi connectivity index (χ1) is 13.2. The van der Waals surface area contributed by atoms with E-state index in [1.54, 1.807) is 37.3 Å². The molecule has 28 heavy (non-hydrogen) atoms. The average molecular weight is 407 g/mol. The Kier molecular flexibility index (Phi) is 5.50. The quantitative estimate of drug-likeness (QED) is 0.485. The van der Waals surface area contributed by atoms with Crippen LogP contribution in [0.15, 0.2) is 30.3 Å². The van der Waals surface area contributed by atoms with Crippen molar-refractivity contribution in [3.63, 3.8) is 0 Å². The number of carbonyl (C=O) groups excluding carboxylic acids is 4. The van der Waals surface area contributed by atoms with Crippen molar-refractivity contribution in [2.24, 2.45) is 0 Å². The Bertz CT molecular complexity index is 915. The lowest BCUT2D eigenvalue weighted by Crippen LogP contribution is -2.47.